The Hall–Kier alpha value is -1.88. The fourth-order valence-electron chi connectivity index (χ4n) is 2.50. The molecule has 2 atom stereocenters. The molecule has 0 spiro atoms. The minimum absolute atomic E-state index is 0.0438. The fourth-order valence-corrected chi connectivity index (χ4v) is 2.50. The summed E-state index contributed by atoms with van der Waals surface area (Å²) in [6.07, 6.45) is 1.86. The lowest BCUT2D eigenvalue weighted by atomic mass is 9.99. The number of rotatable bonds is 6. The Morgan fingerprint density at radius 3 is 2.76 bits per heavy atom. The largest absolute Gasteiger partial charge is 0.465 e. The standard InChI is InChI=1S/C16H22N2O3/c1-2-21-16(20)13(12-7-4-3-5-8-12)11-18-15(19)14-9-6-10-17-14/h3-5,7-8,13-14,17H,2,6,9-11H2,1H3,(H,18,19). The Morgan fingerprint density at radius 2 is 2.14 bits per heavy atom. The van der Waals surface area contributed by atoms with Crippen molar-refractivity contribution in [2.45, 2.75) is 31.7 Å². The van der Waals surface area contributed by atoms with Crippen LogP contribution in [0.25, 0.3) is 0 Å². The summed E-state index contributed by atoms with van der Waals surface area (Å²) >= 11 is 0. The molecule has 1 amide bonds. The number of carbonyl (C=O) groups is 2. The van der Waals surface area contributed by atoms with Crippen molar-refractivity contribution in [1.82, 2.24) is 10.6 Å². The highest BCUT2D eigenvalue weighted by Gasteiger charge is 2.26. The number of carbonyl (C=O) groups excluding carboxylic acids is 2. The van der Waals surface area contributed by atoms with Gasteiger partial charge < -0.3 is 15.4 Å². The summed E-state index contributed by atoms with van der Waals surface area (Å²) in [4.78, 5) is 24.1. The fraction of sp³-hybridized carbons (Fsp3) is 0.500. The van der Waals surface area contributed by atoms with E-state index in [-0.39, 0.29) is 24.5 Å². The first-order chi connectivity index (χ1) is 10.2. The Kier molecular flexibility index (Phi) is 5.75. The second-order valence-corrected chi connectivity index (χ2v) is 5.11. The number of nitrogens with one attached hydrogen (secondary N) is 2. The lowest BCUT2D eigenvalue weighted by Gasteiger charge is -2.18. The van der Waals surface area contributed by atoms with Gasteiger partial charge in [-0.2, -0.15) is 0 Å². The molecule has 2 N–H and O–H groups in total. The van der Waals surface area contributed by atoms with E-state index < -0.39 is 5.92 Å². The molecule has 0 aliphatic carbocycles. The van der Waals surface area contributed by atoms with E-state index in [1.54, 1.807) is 6.92 Å². The molecule has 5 nitrogen and oxygen atoms in total. The van der Waals surface area contributed by atoms with Gasteiger partial charge in [-0.25, -0.2) is 0 Å². The molecule has 1 aromatic rings. The van der Waals surface area contributed by atoms with E-state index in [2.05, 4.69) is 10.6 Å². The number of ether oxygens (including phenoxy) is 1. The number of hydrogen-bond donors (Lipinski definition) is 2. The van der Waals surface area contributed by atoms with Gasteiger partial charge in [-0.1, -0.05) is 30.3 Å². The summed E-state index contributed by atoms with van der Waals surface area (Å²) in [6, 6.07) is 9.27. The minimum Gasteiger partial charge on any atom is -0.465 e. The van der Waals surface area contributed by atoms with Crippen LogP contribution >= 0.6 is 0 Å². The minimum atomic E-state index is -0.462. The summed E-state index contributed by atoms with van der Waals surface area (Å²) in [5, 5.41) is 6.01. The van der Waals surface area contributed by atoms with Crippen LogP contribution in [0.3, 0.4) is 0 Å². The van der Waals surface area contributed by atoms with Gasteiger partial charge in [-0.3, -0.25) is 9.59 Å². The molecule has 2 rings (SSSR count). The highest BCUT2D eigenvalue weighted by atomic mass is 16.5. The van der Waals surface area contributed by atoms with Crippen LogP contribution in [0.4, 0.5) is 0 Å². The molecule has 0 aromatic heterocycles. The SMILES string of the molecule is CCOC(=O)C(CNC(=O)C1CCCN1)c1ccccc1. The molecule has 0 radical (unpaired) electrons. The second-order valence-electron chi connectivity index (χ2n) is 5.11. The molecule has 2 unspecified atom stereocenters. The summed E-state index contributed by atoms with van der Waals surface area (Å²) in [7, 11) is 0. The van der Waals surface area contributed by atoms with Crippen LogP contribution in [0.2, 0.25) is 0 Å². The first kappa shape index (κ1) is 15.5. The molecule has 21 heavy (non-hydrogen) atoms. The van der Waals surface area contributed by atoms with E-state index in [1.807, 2.05) is 30.3 Å². The molecule has 0 bridgehead atoms. The zero-order valence-electron chi connectivity index (χ0n) is 12.3. The van der Waals surface area contributed by atoms with Crippen LogP contribution in [0.5, 0.6) is 0 Å². The predicted molar refractivity (Wildman–Crippen MR) is 79.9 cm³/mol. The number of benzene rings is 1. The Labute approximate surface area is 125 Å². The molecular formula is C16H22N2O3. The van der Waals surface area contributed by atoms with E-state index in [0.717, 1.165) is 24.9 Å². The van der Waals surface area contributed by atoms with Crippen LogP contribution in [0.1, 0.15) is 31.2 Å². The summed E-state index contributed by atoms with van der Waals surface area (Å²) in [6.45, 7) is 3.25. The van der Waals surface area contributed by atoms with Gasteiger partial charge in [-0.05, 0) is 31.9 Å². The van der Waals surface area contributed by atoms with Gasteiger partial charge in [0.1, 0.15) is 0 Å². The quantitative estimate of drug-likeness (QED) is 0.773. The number of hydrogen-bond acceptors (Lipinski definition) is 4. The molecular weight excluding hydrogens is 268 g/mol. The van der Waals surface area contributed by atoms with Crippen LogP contribution in [-0.4, -0.2) is 37.6 Å². The molecule has 5 heteroatoms. The highest BCUT2D eigenvalue weighted by molar-refractivity contribution is 5.84. The van der Waals surface area contributed by atoms with E-state index in [0.29, 0.717) is 6.61 Å². The van der Waals surface area contributed by atoms with Gasteiger partial charge in [0.15, 0.2) is 0 Å². The van der Waals surface area contributed by atoms with Crippen LogP contribution in [0, 0.1) is 0 Å². The van der Waals surface area contributed by atoms with E-state index >= 15 is 0 Å². The lowest BCUT2D eigenvalue weighted by molar-refractivity contribution is -0.144. The molecule has 1 fully saturated rings. The van der Waals surface area contributed by atoms with Crippen LogP contribution in [-0.2, 0) is 14.3 Å². The van der Waals surface area contributed by atoms with Crippen molar-refractivity contribution in [3.05, 3.63) is 35.9 Å². The van der Waals surface area contributed by atoms with Gasteiger partial charge in [0, 0.05) is 6.54 Å². The van der Waals surface area contributed by atoms with Gasteiger partial charge in [0.05, 0.1) is 18.6 Å². The molecule has 1 aliphatic rings. The molecule has 1 heterocycles. The molecule has 1 aromatic carbocycles. The topological polar surface area (TPSA) is 67.4 Å². The lowest BCUT2D eigenvalue weighted by Crippen LogP contribution is -2.43. The third-order valence-corrected chi connectivity index (χ3v) is 3.63. The first-order valence-electron chi connectivity index (χ1n) is 7.45. The normalized spacial score (nSPS) is 19.0. The second kappa shape index (κ2) is 7.78. The third-order valence-electron chi connectivity index (χ3n) is 3.63. The molecule has 114 valence electrons. The highest BCUT2D eigenvalue weighted by Crippen LogP contribution is 2.17. The van der Waals surface area contributed by atoms with Crippen molar-refractivity contribution in [3.8, 4) is 0 Å². The Bertz CT molecular complexity index is 470. The van der Waals surface area contributed by atoms with E-state index in [1.165, 1.54) is 0 Å². The van der Waals surface area contributed by atoms with Crippen molar-refractivity contribution in [2.75, 3.05) is 19.7 Å². The van der Waals surface area contributed by atoms with Crippen molar-refractivity contribution < 1.29 is 14.3 Å². The molecule has 0 saturated carbocycles. The summed E-state index contributed by atoms with van der Waals surface area (Å²) in [5.74, 6) is -0.808. The molecule has 1 aliphatic heterocycles. The van der Waals surface area contributed by atoms with Crippen molar-refractivity contribution >= 4 is 11.9 Å². The van der Waals surface area contributed by atoms with E-state index in [9.17, 15) is 9.59 Å². The van der Waals surface area contributed by atoms with Crippen LogP contribution in [0.15, 0.2) is 30.3 Å². The monoisotopic (exact) mass is 290 g/mol. The zero-order chi connectivity index (χ0) is 15.1. The third kappa shape index (κ3) is 4.29. The maximum atomic E-state index is 12.1. The van der Waals surface area contributed by atoms with Gasteiger partial charge in [-0.15, -0.1) is 0 Å². The maximum Gasteiger partial charge on any atom is 0.315 e. The van der Waals surface area contributed by atoms with Gasteiger partial charge in [0.2, 0.25) is 5.91 Å². The average Bonchev–Trinajstić information content (AvgIpc) is 3.03. The van der Waals surface area contributed by atoms with Crippen LogP contribution < -0.4 is 10.6 Å². The average molecular weight is 290 g/mol. The maximum absolute atomic E-state index is 12.1. The number of esters is 1. The summed E-state index contributed by atoms with van der Waals surface area (Å²) < 4.78 is 5.11. The van der Waals surface area contributed by atoms with Gasteiger partial charge >= 0.3 is 5.97 Å². The number of amides is 1. The first-order valence-corrected chi connectivity index (χ1v) is 7.45. The summed E-state index contributed by atoms with van der Waals surface area (Å²) in [5.41, 5.74) is 0.857. The van der Waals surface area contributed by atoms with Crippen molar-refractivity contribution in [2.24, 2.45) is 0 Å². The molecule has 1 saturated heterocycles. The Balaban J connectivity index is 1.99. The van der Waals surface area contributed by atoms with Crippen molar-refractivity contribution in [1.29, 1.82) is 0 Å². The van der Waals surface area contributed by atoms with Crippen molar-refractivity contribution in [3.63, 3.8) is 0 Å². The smallest absolute Gasteiger partial charge is 0.315 e. The van der Waals surface area contributed by atoms with E-state index in [4.69, 9.17) is 4.74 Å². The Morgan fingerprint density at radius 1 is 1.38 bits per heavy atom. The zero-order valence-corrected chi connectivity index (χ0v) is 12.3. The predicted octanol–water partition coefficient (Wildman–Crippen LogP) is 1.20. The van der Waals surface area contributed by atoms with Gasteiger partial charge in [0.25, 0.3) is 0 Å².